The number of hydrogen-bond donors (Lipinski definition) is 0. The Kier molecular flexibility index (Phi) is 9.82. The molecule has 312 valence electrons. The number of rotatable bonds is 7. The van der Waals surface area contributed by atoms with Crippen molar-refractivity contribution in [2.24, 2.45) is 0 Å². The van der Waals surface area contributed by atoms with Crippen LogP contribution >= 0.6 is 0 Å². The molecule has 0 radical (unpaired) electrons. The number of nitrogens with zero attached hydrogens (tertiary/aromatic N) is 4. The van der Waals surface area contributed by atoms with E-state index >= 15 is 0 Å². The third-order valence-corrected chi connectivity index (χ3v) is 13.6. The molecule has 0 aromatic heterocycles. The molecule has 9 aromatic carbocycles. The van der Waals surface area contributed by atoms with E-state index in [0.29, 0.717) is 11.1 Å². The molecule has 0 bridgehead atoms. The number of anilines is 6. The minimum atomic E-state index is -0.331. The Hall–Kier alpha value is -8.90. The van der Waals surface area contributed by atoms with Crippen molar-refractivity contribution < 1.29 is 0 Å². The van der Waals surface area contributed by atoms with Crippen LogP contribution < -0.4 is 26.2 Å². The van der Waals surface area contributed by atoms with E-state index in [2.05, 4.69) is 216 Å². The molecule has 0 fully saturated rings. The Labute approximate surface area is 392 Å². The molecule has 0 spiro atoms. The molecule has 12 rings (SSSR count). The maximum absolute atomic E-state index is 11.4. The first-order valence-electron chi connectivity index (χ1n) is 22.9. The van der Waals surface area contributed by atoms with Gasteiger partial charge >= 0.3 is 0 Å². The Balaban J connectivity index is 1.20. The lowest BCUT2D eigenvalue weighted by atomic mass is 9.33. The monoisotopic (exact) mass is 852 g/mol. The second-order valence-corrected chi connectivity index (χ2v) is 17.4. The summed E-state index contributed by atoms with van der Waals surface area (Å²) in [5, 5.41) is 22.8. The van der Waals surface area contributed by atoms with Crippen LogP contribution in [0.3, 0.4) is 0 Å². The van der Waals surface area contributed by atoms with Gasteiger partial charge in [-0.15, -0.1) is 0 Å². The maximum atomic E-state index is 11.4. The second kappa shape index (κ2) is 16.6. The Morgan fingerprint density at radius 2 is 0.791 bits per heavy atom. The summed E-state index contributed by atoms with van der Waals surface area (Å²) in [5.74, 6) is 0. The summed E-state index contributed by atoms with van der Waals surface area (Å²) in [6, 6.07) is 78.1. The summed E-state index contributed by atoms with van der Waals surface area (Å²) in [6.45, 7) is -0.331. The van der Waals surface area contributed by atoms with Gasteiger partial charge in [0.2, 0.25) is 0 Å². The summed E-state index contributed by atoms with van der Waals surface area (Å²) in [5.41, 5.74) is 20.8. The van der Waals surface area contributed by atoms with E-state index < -0.39 is 0 Å². The van der Waals surface area contributed by atoms with Gasteiger partial charge < -0.3 is 9.80 Å². The third-order valence-electron chi connectivity index (χ3n) is 13.6. The fourth-order valence-corrected chi connectivity index (χ4v) is 10.5. The smallest absolute Gasteiger partial charge is 0.252 e. The molecule has 3 aliphatic rings. The highest BCUT2D eigenvalue weighted by molar-refractivity contribution is 7.00. The topological polar surface area (TPSA) is 54.1 Å². The zero-order chi connectivity index (χ0) is 44.8. The van der Waals surface area contributed by atoms with Crippen LogP contribution in [0.15, 0.2) is 224 Å². The van der Waals surface area contributed by atoms with Crippen LogP contribution in [0.25, 0.3) is 50.1 Å². The molecule has 1 aliphatic carbocycles. The molecule has 0 amide bonds. The van der Waals surface area contributed by atoms with Crippen molar-refractivity contribution in [2.75, 3.05) is 9.80 Å². The first kappa shape index (κ1) is 39.7. The number of allylic oxidation sites excluding steroid dienone is 4. The van der Waals surface area contributed by atoms with Gasteiger partial charge in [-0.2, -0.15) is 10.5 Å². The average Bonchev–Trinajstić information content (AvgIpc) is 3.41. The van der Waals surface area contributed by atoms with Crippen LogP contribution in [0.4, 0.5) is 34.1 Å². The van der Waals surface area contributed by atoms with Gasteiger partial charge in [0.1, 0.15) is 12.1 Å². The van der Waals surface area contributed by atoms with E-state index in [1.807, 2.05) is 30.3 Å². The van der Waals surface area contributed by atoms with Crippen molar-refractivity contribution in [3.63, 3.8) is 0 Å². The van der Waals surface area contributed by atoms with Crippen LogP contribution in [-0.2, 0) is 0 Å². The summed E-state index contributed by atoms with van der Waals surface area (Å²) >= 11 is 0. The van der Waals surface area contributed by atoms with Crippen LogP contribution in [0.1, 0.15) is 29.5 Å². The van der Waals surface area contributed by atoms with Crippen molar-refractivity contribution >= 4 is 62.8 Å². The number of nitriles is 2. The second-order valence-electron chi connectivity index (χ2n) is 17.4. The van der Waals surface area contributed by atoms with E-state index in [0.717, 1.165) is 113 Å². The molecule has 2 heterocycles. The molecule has 0 saturated carbocycles. The van der Waals surface area contributed by atoms with E-state index in [4.69, 9.17) is 0 Å². The summed E-state index contributed by atoms with van der Waals surface area (Å²) in [4.78, 5) is 4.65. The largest absolute Gasteiger partial charge is 0.310 e. The van der Waals surface area contributed by atoms with Crippen molar-refractivity contribution in [3.05, 3.63) is 241 Å². The van der Waals surface area contributed by atoms with Crippen LogP contribution in [0.2, 0.25) is 0 Å². The van der Waals surface area contributed by atoms with Gasteiger partial charge in [0, 0.05) is 22.7 Å². The van der Waals surface area contributed by atoms with Crippen molar-refractivity contribution in [2.45, 2.75) is 12.8 Å². The molecule has 0 atom stereocenters. The summed E-state index contributed by atoms with van der Waals surface area (Å²) in [7, 11) is 0. The zero-order valence-corrected chi connectivity index (χ0v) is 36.6. The quantitative estimate of drug-likeness (QED) is 0.150. The van der Waals surface area contributed by atoms with Gasteiger partial charge in [-0.05, 0) is 133 Å². The van der Waals surface area contributed by atoms with E-state index in [1.165, 1.54) is 5.57 Å². The lowest BCUT2D eigenvalue weighted by molar-refractivity contribution is 1.05. The number of fused-ring (bicyclic) bond motifs is 4. The van der Waals surface area contributed by atoms with Crippen molar-refractivity contribution in [1.82, 2.24) is 0 Å². The highest BCUT2D eigenvalue weighted by atomic mass is 15.2. The first-order chi connectivity index (χ1) is 33.1. The highest BCUT2D eigenvalue weighted by Crippen LogP contribution is 2.49. The molecule has 0 saturated heterocycles. The number of hydrogen-bond acceptors (Lipinski definition) is 4. The van der Waals surface area contributed by atoms with Gasteiger partial charge in [-0.3, -0.25) is 0 Å². The maximum Gasteiger partial charge on any atom is 0.252 e. The first-order valence-corrected chi connectivity index (χ1v) is 22.9. The molecular formula is C62H41BN4. The number of benzene rings is 9. The molecule has 4 nitrogen and oxygen atoms in total. The molecule has 9 aromatic rings. The predicted octanol–water partition coefficient (Wildman–Crippen LogP) is 13.9. The van der Waals surface area contributed by atoms with E-state index in [1.54, 1.807) is 0 Å². The fraction of sp³-hybridized carbons (Fsp3) is 0.0323. The van der Waals surface area contributed by atoms with Crippen LogP contribution in [0.5, 0.6) is 0 Å². The zero-order valence-electron chi connectivity index (χ0n) is 36.6. The van der Waals surface area contributed by atoms with Crippen molar-refractivity contribution in [3.8, 4) is 56.6 Å². The normalized spacial score (nSPS) is 13.2. The van der Waals surface area contributed by atoms with E-state index in [9.17, 15) is 10.5 Å². The Morgan fingerprint density at radius 1 is 0.403 bits per heavy atom. The van der Waals surface area contributed by atoms with Gasteiger partial charge in [0.05, 0.1) is 22.5 Å². The lowest BCUT2D eigenvalue weighted by Crippen LogP contribution is -2.62. The molecule has 5 heteroatoms. The third kappa shape index (κ3) is 6.85. The molecule has 2 aliphatic heterocycles. The van der Waals surface area contributed by atoms with Gasteiger partial charge in [-0.25, -0.2) is 0 Å². The molecule has 0 unspecified atom stereocenters. The lowest BCUT2D eigenvalue weighted by Gasteiger charge is -2.45. The molecular weight excluding hydrogens is 812 g/mol. The van der Waals surface area contributed by atoms with Gasteiger partial charge in [0.25, 0.3) is 6.71 Å². The standard InChI is InChI=1S/C62H41BN4/c64-40-52-34-49(44-20-10-3-11-21-44)36-56-61(52)66(54-30-26-47(27-31-54)42-16-6-1-7-17-42)58-38-51(46-24-14-5-15-25-46)39-59-60(58)63(56)57-37-50(45-22-12-4-13-23-45)35-53(41-65)62(57)67(59)55-32-28-48(29-33-55)43-18-8-2-9-19-43/h1-12,14-22,24-39H,13,23H2. The minimum Gasteiger partial charge on any atom is -0.310 e. The predicted molar refractivity (Wildman–Crippen MR) is 278 cm³/mol. The van der Waals surface area contributed by atoms with Crippen LogP contribution in [-0.4, -0.2) is 6.71 Å². The van der Waals surface area contributed by atoms with Crippen LogP contribution in [0, 0.1) is 22.7 Å². The summed E-state index contributed by atoms with van der Waals surface area (Å²) < 4.78 is 0. The molecule has 0 N–H and O–H groups in total. The molecule has 67 heavy (non-hydrogen) atoms. The van der Waals surface area contributed by atoms with E-state index in [-0.39, 0.29) is 6.71 Å². The Morgan fingerprint density at radius 3 is 1.21 bits per heavy atom. The van der Waals surface area contributed by atoms with Crippen molar-refractivity contribution in [1.29, 1.82) is 10.5 Å². The van der Waals surface area contributed by atoms with Gasteiger partial charge in [-0.1, -0.05) is 176 Å². The fourth-order valence-electron chi connectivity index (χ4n) is 10.5. The minimum absolute atomic E-state index is 0.331. The highest BCUT2D eigenvalue weighted by Gasteiger charge is 2.46. The summed E-state index contributed by atoms with van der Waals surface area (Å²) in [6.07, 6.45) is 8.35. The SMILES string of the molecule is N#Cc1cc(C2=CC=CCC2)cc2c1N(c1ccc(-c3ccccc3)cc1)c1cc(-c3ccccc3)cc3c1B2c1cc(-c2ccccc2)cc(C#N)c1N3c1ccc(-c2ccccc2)cc1. The Bertz CT molecular complexity index is 3500. The van der Waals surface area contributed by atoms with Gasteiger partial charge in [0.15, 0.2) is 0 Å². The average molecular weight is 853 g/mol.